The van der Waals surface area contributed by atoms with Crippen molar-refractivity contribution in [2.75, 3.05) is 13.1 Å². The van der Waals surface area contributed by atoms with Gasteiger partial charge in [0, 0.05) is 25.5 Å². The zero-order chi connectivity index (χ0) is 17.3. The summed E-state index contributed by atoms with van der Waals surface area (Å²) >= 11 is 0. The maximum atomic E-state index is 11.8. The first-order valence-corrected chi connectivity index (χ1v) is 8.51. The monoisotopic (exact) mass is 326 g/mol. The molecule has 1 unspecified atom stereocenters. The molecule has 0 bridgehead atoms. The first kappa shape index (κ1) is 16.7. The summed E-state index contributed by atoms with van der Waals surface area (Å²) in [6.07, 6.45) is 5.65. The van der Waals surface area contributed by atoms with Crippen molar-refractivity contribution in [1.82, 2.24) is 14.7 Å². The van der Waals surface area contributed by atoms with Crippen LogP contribution in [0.3, 0.4) is 0 Å². The van der Waals surface area contributed by atoms with Gasteiger partial charge in [-0.3, -0.25) is 9.69 Å². The molecule has 24 heavy (non-hydrogen) atoms. The lowest BCUT2D eigenvalue weighted by Gasteiger charge is -2.38. The Morgan fingerprint density at radius 2 is 2.17 bits per heavy atom. The molecule has 2 N–H and O–H groups in total. The summed E-state index contributed by atoms with van der Waals surface area (Å²) in [5, 5.41) is 4.40. The maximum absolute atomic E-state index is 11.8. The fourth-order valence-electron chi connectivity index (χ4n) is 3.70. The van der Waals surface area contributed by atoms with Crippen LogP contribution in [-0.4, -0.2) is 33.7 Å². The van der Waals surface area contributed by atoms with Crippen molar-refractivity contribution in [2.45, 2.75) is 40.2 Å². The van der Waals surface area contributed by atoms with Gasteiger partial charge in [0.1, 0.15) is 0 Å². The molecule has 2 heterocycles. The van der Waals surface area contributed by atoms with E-state index in [0.717, 1.165) is 31.6 Å². The fourth-order valence-corrected chi connectivity index (χ4v) is 3.70. The summed E-state index contributed by atoms with van der Waals surface area (Å²) in [5.41, 5.74) is 10.1. The highest BCUT2D eigenvalue weighted by atomic mass is 16.1. The van der Waals surface area contributed by atoms with Crippen molar-refractivity contribution >= 4 is 5.91 Å². The Morgan fingerprint density at radius 1 is 1.38 bits per heavy atom. The van der Waals surface area contributed by atoms with Crippen LogP contribution in [0.15, 0.2) is 30.6 Å². The Labute approximate surface area is 143 Å². The molecule has 1 amide bonds. The molecule has 0 radical (unpaired) electrons. The third-order valence-electron chi connectivity index (χ3n) is 5.10. The number of hydrogen-bond acceptors (Lipinski definition) is 3. The van der Waals surface area contributed by atoms with Crippen LogP contribution >= 0.6 is 0 Å². The number of carbonyl (C=O) groups is 1. The van der Waals surface area contributed by atoms with Gasteiger partial charge in [0.25, 0.3) is 0 Å². The van der Waals surface area contributed by atoms with Crippen molar-refractivity contribution in [3.05, 3.63) is 47.3 Å². The number of hydrogen-bond donors (Lipinski definition) is 1. The van der Waals surface area contributed by atoms with E-state index in [9.17, 15) is 4.79 Å². The Hall–Kier alpha value is -2.14. The van der Waals surface area contributed by atoms with Gasteiger partial charge < -0.3 is 5.73 Å². The Kier molecular flexibility index (Phi) is 4.45. The topological polar surface area (TPSA) is 64.2 Å². The van der Waals surface area contributed by atoms with E-state index in [2.05, 4.69) is 36.0 Å². The molecule has 3 rings (SSSR count). The number of carbonyl (C=O) groups excluding carboxylic acids is 1. The van der Waals surface area contributed by atoms with Gasteiger partial charge in [0.15, 0.2) is 0 Å². The van der Waals surface area contributed by atoms with Crippen LogP contribution in [0.5, 0.6) is 0 Å². The minimum absolute atomic E-state index is 0.194. The van der Waals surface area contributed by atoms with Crippen LogP contribution in [-0.2, 0) is 11.3 Å². The number of aryl methyl sites for hydroxylation is 2. The van der Waals surface area contributed by atoms with Crippen molar-refractivity contribution in [3.8, 4) is 5.69 Å². The van der Waals surface area contributed by atoms with E-state index in [1.807, 2.05) is 23.9 Å². The van der Waals surface area contributed by atoms with E-state index >= 15 is 0 Å². The van der Waals surface area contributed by atoms with E-state index in [1.54, 1.807) is 6.20 Å². The van der Waals surface area contributed by atoms with Crippen LogP contribution in [0.1, 0.15) is 36.5 Å². The minimum atomic E-state index is -0.428. The molecule has 0 aliphatic carbocycles. The first-order chi connectivity index (χ1) is 11.4. The van der Waals surface area contributed by atoms with Crippen LogP contribution in [0.4, 0.5) is 0 Å². The average molecular weight is 326 g/mol. The quantitative estimate of drug-likeness (QED) is 0.939. The number of rotatable bonds is 4. The van der Waals surface area contributed by atoms with Gasteiger partial charge in [-0.05, 0) is 69.0 Å². The van der Waals surface area contributed by atoms with Crippen molar-refractivity contribution in [2.24, 2.45) is 11.1 Å². The predicted molar refractivity (Wildman–Crippen MR) is 94.9 cm³/mol. The standard InChI is InChI=1S/C19H26N4O/c1-14-10-15(2)16(17(11-14)23-9-5-7-21-23)12-22-8-4-6-19(3,13-22)18(20)24/h5,7,9-11H,4,6,8,12-13H2,1-3H3,(H2,20,24). The number of piperidine rings is 1. The molecule has 128 valence electrons. The zero-order valence-electron chi connectivity index (χ0n) is 14.7. The summed E-state index contributed by atoms with van der Waals surface area (Å²) in [7, 11) is 0. The van der Waals surface area contributed by atoms with Crippen molar-refractivity contribution in [3.63, 3.8) is 0 Å². The molecule has 1 aromatic heterocycles. The first-order valence-electron chi connectivity index (χ1n) is 8.51. The number of aromatic nitrogens is 2. The van der Waals surface area contributed by atoms with Gasteiger partial charge >= 0.3 is 0 Å². The molecule has 1 aliphatic rings. The lowest BCUT2D eigenvalue weighted by Crippen LogP contribution is -2.48. The minimum Gasteiger partial charge on any atom is -0.369 e. The largest absolute Gasteiger partial charge is 0.369 e. The van der Waals surface area contributed by atoms with Crippen LogP contribution < -0.4 is 5.73 Å². The Morgan fingerprint density at radius 3 is 2.83 bits per heavy atom. The van der Waals surface area contributed by atoms with Gasteiger partial charge in [-0.15, -0.1) is 0 Å². The highest BCUT2D eigenvalue weighted by Gasteiger charge is 2.36. The SMILES string of the molecule is Cc1cc(C)c(CN2CCCC(C)(C(N)=O)C2)c(-n2cccn2)c1. The van der Waals surface area contributed by atoms with Crippen molar-refractivity contribution < 1.29 is 4.79 Å². The maximum Gasteiger partial charge on any atom is 0.224 e. The van der Waals surface area contributed by atoms with E-state index in [-0.39, 0.29) is 5.91 Å². The number of nitrogens with two attached hydrogens (primary N) is 1. The molecule has 1 atom stereocenters. The Bertz CT molecular complexity index is 738. The van der Waals surface area contributed by atoms with Gasteiger partial charge in [0.2, 0.25) is 5.91 Å². The smallest absolute Gasteiger partial charge is 0.224 e. The fraction of sp³-hybridized carbons (Fsp3) is 0.474. The highest BCUT2D eigenvalue weighted by molar-refractivity contribution is 5.80. The molecule has 5 nitrogen and oxygen atoms in total. The second-order valence-corrected chi connectivity index (χ2v) is 7.27. The van der Waals surface area contributed by atoms with Gasteiger partial charge in [-0.1, -0.05) is 6.07 Å². The molecular formula is C19H26N4O. The van der Waals surface area contributed by atoms with E-state index in [0.29, 0.717) is 6.54 Å². The number of likely N-dealkylation sites (tertiary alicyclic amines) is 1. The second kappa shape index (κ2) is 6.40. The lowest BCUT2D eigenvalue weighted by atomic mass is 9.81. The molecule has 1 fully saturated rings. The molecule has 0 spiro atoms. The molecule has 1 aromatic carbocycles. The van der Waals surface area contributed by atoms with Crippen LogP contribution in [0.2, 0.25) is 0 Å². The average Bonchev–Trinajstić information content (AvgIpc) is 3.04. The number of benzene rings is 1. The lowest BCUT2D eigenvalue weighted by molar-refractivity contribution is -0.129. The van der Waals surface area contributed by atoms with Crippen LogP contribution in [0.25, 0.3) is 5.69 Å². The summed E-state index contributed by atoms with van der Waals surface area (Å²) in [5.74, 6) is -0.194. The molecular weight excluding hydrogens is 300 g/mol. The van der Waals surface area contributed by atoms with Crippen molar-refractivity contribution in [1.29, 1.82) is 0 Å². The second-order valence-electron chi connectivity index (χ2n) is 7.27. The molecule has 2 aromatic rings. The van der Waals surface area contributed by atoms with E-state index in [1.165, 1.54) is 16.7 Å². The number of primary amides is 1. The van der Waals surface area contributed by atoms with E-state index in [4.69, 9.17) is 5.73 Å². The third kappa shape index (κ3) is 3.22. The van der Waals surface area contributed by atoms with E-state index < -0.39 is 5.41 Å². The zero-order valence-corrected chi connectivity index (χ0v) is 14.7. The van der Waals surface area contributed by atoms with Gasteiger partial charge in [-0.2, -0.15) is 5.10 Å². The van der Waals surface area contributed by atoms with Gasteiger partial charge in [0.05, 0.1) is 11.1 Å². The molecule has 1 saturated heterocycles. The summed E-state index contributed by atoms with van der Waals surface area (Å²) in [4.78, 5) is 14.2. The summed E-state index contributed by atoms with van der Waals surface area (Å²) in [6.45, 7) is 8.76. The normalized spacial score (nSPS) is 21.8. The molecule has 1 aliphatic heterocycles. The summed E-state index contributed by atoms with van der Waals surface area (Å²) < 4.78 is 1.92. The molecule has 5 heteroatoms. The Balaban J connectivity index is 1.91. The molecule has 0 saturated carbocycles. The number of nitrogens with zero attached hydrogens (tertiary/aromatic N) is 3. The number of amides is 1. The third-order valence-corrected chi connectivity index (χ3v) is 5.10. The predicted octanol–water partition coefficient (Wildman–Crippen LogP) is 2.58. The van der Waals surface area contributed by atoms with Crippen LogP contribution in [0, 0.1) is 19.3 Å². The highest BCUT2D eigenvalue weighted by Crippen LogP contribution is 2.31. The van der Waals surface area contributed by atoms with Gasteiger partial charge in [-0.25, -0.2) is 4.68 Å². The summed E-state index contributed by atoms with van der Waals surface area (Å²) in [6, 6.07) is 6.32.